The maximum Gasteiger partial charge on any atom is 0.410 e. The van der Waals surface area contributed by atoms with Crippen LogP contribution >= 0.6 is 11.8 Å². The third kappa shape index (κ3) is 8.37. The highest BCUT2D eigenvalue weighted by atomic mass is 32.2. The molecule has 1 atom stereocenters. The van der Waals surface area contributed by atoms with Gasteiger partial charge in [0.1, 0.15) is 5.60 Å². The van der Waals surface area contributed by atoms with E-state index >= 15 is 0 Å². The molecular formula is C27H33NO4S. The summed E-state index contributed by atoms with van der Waals surface area (Å²) in [7, 11) is 0. The second-order valence-corrected chi connectivity index (χ2v) is 10.7. The topological polar surface area (TPSA) is 55.8 Å². The van der Waals surface area contributed by atoms with E-state index in [1.807, 2.05) is 86.8 Å². The van der Waals surface area contributed by atoms with Crippen molar-refractivity contribution in [3.63, 3.8) is 0 Å². The summed E-state index contributed by atoms with van der Waals surface area (Å²) in [6.45, 7) is 7.43. The Morgan fingerprint density at radius 2 is 1.67 bits per heavy atom. The Morgan fingerprint density at radius 3 is 2.27 bits per heavy atom. The van der Waals surface area contributed by atoms with Gasteiger partial charge in [0.15, 0.2) is 5.78 Å². The quantitative estimate of drug-likeness (QED) is 0.453. The first-order valence-corrected chi connectivity index (χ1v) is 12.1. The molecular weight excluding hydrogens is 434 g/mol. The van der Waals surface area contributed by atoms with Gasteiger partial charge in [-0.25, -0.2) is 4.79 Å². The molecule has 0 saturated heterocycles. The molecule has 0 radical (unpaired) electrons. The van der Waals surface area contributed by atoms with Gasteiger partial charge in [-0.05, 0) is 49.8 Å². The number of ketones is 1. The first kappa shape index (κ1) is 25.1. The Kier molecular flexibility index (Phi) is 8.75. The van der Waals surface area contributed by atoms with Gasteiger partial charge in [0.25, 0.3) is 0 Å². The fourth-order valence-electron chi connectivity index (χ4n) is 3.61. The number of hydrogen-bond donors (Lipinski definition) is 0. The molecule has 0 aromatic heterocycles. The molecule has 6 heteroatoms. The van der Waals surface area contributed by atoms with Gasteiger partial charge in [0, 0.05) is 19.5 Å². The van der Waals surface area contributed by atoms with Crippen molar-refractivity contribution in [2.45, 2.75) is 57.1 Å². The fourth-order valence-corrected chi connectivity index (χ4v) is 4.70. The third-order valence-electron chi connectivity index (χ3n) is 5.25. The summed E-state index contributed by atoms with van der Waals surface area (Å²) in [5, 5.41) is 1.85. The van der Waals surface area contributed by atoms with Gasteiger partial charge in [0.05, 0.1) is 18.0 Å². The van der Waals surface area contributed by atoms with E-state index < -0.39 is 10.3 Å². The molecule has 1 unspecified atom stereocenters. The summed E-state index contributed by atoms with van der Waals surface area (Å²) in [6.07, 6.45) is 2.27. The fraction of sp³-hybridized carbons (Fsp3) is 0.407. The second kappa shape index (κ2) is 11.5. The van der Waals surface area contributed by atoms with Crippen LogP contribution in [0.2, 0.25) is 0 Å². The number of allylic oxidation sites excluding steroid dienone is 1. The number of ether oxygens (including phenoxy) is 2. The molecule has 3 rings (SSSR count). The monoisotopic (exact) mass is 467 g/mol. The van der Waals surface area contributed by atoms with Crippen LogP contribution < -0.4 is 0 Å². The van der Waals surface area contributed by atoms with Gasteiger partial charge in [-0.3, -0.25) is 4.79 Å². The molecule has 176 valence electrons. The Labute approximate surface area is 201 Å². The molecule has 1 amide bonds. The minimum atomic E-state index is -0.583. The largest absolute Gasteiger partial charge is 0.444 e. The Morgan fingerprint density at radius 1 is 1.03 bits per heavy atom. The van der Waals surface area contributed by atoms with Crippen LogP contribution in [0.3, 0.4) is 0 Å². The lowest BCUT2D eigenvalue weighted by molar-refractivity contribution is -0.115. The lowest BCUT2D eigenvalue weighted by atomic mass is 9.97. The van der Waals surface area contributed by atoms with Crippen molar-refractivity contribution in [2.75, 3.05) is 13.2 Å². The summed E-state index contributed by atoms with van der Waals surface area (Å²) in [4.78, 5) is 27.0. The van der Waals surface area contributed by atoms with Crippen molar-refractivity contribution in [1.29, 1.82) is 0 Å². The normalized spacial score (nSPS) is 18.2. The SMILES string of the molecule is CC(C)(C)OC(=O)N(CCC1(COCc2ccccc2)CC(=O)C=CS1)Cc1ccccc1. The van der Waals surface area contributed by atoms with Crippen LogP contribution in [0.15, 0.2) is 72.1 Å². The molecule has 0 spiro atoms. The predicted octanol–water partition coefficient (Wildman–Crippen LogP) is 5.99. The molecule has 0 bridgehead atoms. The van der Waals surface area contributed by atoms with Gasteiger partial charge in [0.2, 0.25) is 0 Å². The summed E-state index contributed by atoms with van der Waals surface area (Å²) in [5.74, 6) is 0.0870. The second-order valence-electron chi connectivity index (χ2n) is 9.36. The highest BCUT2D eigenvalue weighted by molar-refractivity contribution is 8.03. The molecule has 2 aromatic rings. The van der Waals surface area contributed by atoms with E-state index in [4.69, 9.17) is 9.47 Å². The van der Waals surface area contributed by atoms with Crippen LogP contribution in [-0.4, -0.2) is 40.3 Å². The van der Waals surface area contributed by atoms with E-state index in [0.29, 0.717) is 39.1 Å². The van der Waals surface area contributed by atoms with Crippen LogP contribution in [0, 0.1) is 0 Å². The zero-order chi connectivity index (χ0) is 23.7. The van der Waals surface area contributed by atoms with E-state index in [1.165, 1.54) is 0 Å². The number of carbonyl (C=O) groups is 2. The van der Waals surface area contributed by atoms with Crippen molar-refractivity contribution in [3.8, 4) is 0 Å². The summed E-state index contributed by atoms with van der Waals surface area (Å²) in [5.41, 5.74) is 1.54. The van der Waals surface area contributed by atoms with Crippen molar-refractivity contribution in [3.05, 3.63) is 83.3 Å². The minimum Gasteiger partial charge on any atom is -0.444 e. The Balaban J connectivity index is 1.70. The van der Waals surface area contributed by atoms with Crippen molar-refractivity contribution < 1.29 is 19.1 Å². The predicted molar refractivity (Wildman–Crippen MR) is 133 cm³/mol. The van der Waals surface area contributed by atoms with Crippen LogP contribution in [-0.2, 0) is 27.4 Å². The number of amides is 1. The number of benzene rings is 2. The average Bonchev–Trinajstić information content (AvgIpc) is 2.77. The number of carbonyl (C=O) groups excluding carboxylic acids is 2. The number of hydrogen-bond acceptors (Lipinski definition) is 5. The Bertz CT molecular complexity index is 940. The highest BCUT2D eigenvalue weighted by Crippen LogP contribution is 2.38. The van der Waals surface area contributed by atoms with Crippen molar-refractivity contribution >= 4 is 23.6 Å². The molecule has 0 fully saturated rings. The molecule has 2 aromatic carbocycles. The van der Waals surface area contributed by atoms with Crippen LogP contribution in [0.1, 0.15) is 44.7 Å². The van der Waals surface area contributed by atoms with Gasteiger partial charge in [-0.2, -0.15) is 0 Å². The van der Waals surface area contributed by atoms with Gasteiger partial charge in [-0.1, -0.05) is 60.7 Å². The van der Waals surface area contributed by atoms with E-state index in [9.17, 15) is 9.59 Å². The van der Waals surface area contributed by atoms with E-state index in [1.54, 1.807) is 22.7 Å². The number of nitrogens with zero attached hydrogens (tertiary/aromatic N) is 1. The zero-order valence-corrected chi connectivity index (χ0v) is 20.5. The maximum absolute atomic E-state index is 13.0. The highest BCUT2D eigenvalue weighted by Gasteiger charge is 2.36. The van der Waals surface area contributed by atoms with Crippen LogP contribution in [0.4, 0.5) is 4.79 Å². The van der Waals surface area contributed by atoms with Crippen molar-refractivity contribution in [1.82, 2.24) is 4.90 Å². The number of thioether (sulfide) groups is 1. The average molecular weight is 468 g/mol. The van der Waals surface area contributed by atoms with Crippen LogP contribution in [0.5, 0.6) is 0 Å². The van der Waals surface area contributed by atoms with E-state index in [2.05, 4.69) is 0 Å². The summed E-state index contributed by atoms with van der Waals surface area (Å²) >= 11 is 1.62. The van der Waals surface area contributed by atoms with Crippen molar-refractivity contribution in [2.24, 2.45) is 0 Å². The smallest absolute Gasteiger partial charge is 0.410 e. The molecule has 1 aliphatic rings. The standard InChI is InChI=1S/C27H33NO4S/c1-26(2,3)32-25(30)28(19-22-10-6-4-7-11-22)16-15-27(18-24(29)14-17-33-27)21-31-20-23-12-8-5-9-13-23/h4-14,17H,15-16,18-21H2,1-3H3. The van der Waals surface area contributed by atoms with E-state index in [0.717, 1.165) is 11.1 Å². The molecule has 0 saturated carbocycles. The lowest BCUT2D eigenvalue weighted by Crippen LogP contribution is -2.42. The molecule has 0 N–H and O–H groups in total. The number of rotatable bonds is 9. The Hall–Kier alpha value is -2.57. The molecule has 0 aliphatic carbocycles. The minimum absolute atomic E-state index is 0.0870. The first-order chi connectivity index (χ1) is 15.7. The van der Waals surface area contributed by atoms with Gasteiger partial charge in [-0.15, -0.1) is 11.8 Å². The molecule has 1 aliphatic heterocycles. The van der Waals surface area contributed by atoms with E-state index in [-0.39, 0.29) is 11.9 Å². The lowest BCUT2D eigenvalue weighted by Gasteiger charge is -2.35. The summed E-state index contributed by atoms with van der Waals surface area (Å²) < 4.78 is 11.3. The maximum atomic E-state index is 13.0. The molecule has 5 nitrogen and oxygen atoms in total. The van der Waals surface area contributed by atoms with Gasteiger partial charge < -0.3 is 14.4 Å². The molecule has 1 heterocycles. The van der Waals surface area contributed by atoms with Gasteiger partial charge >= 0.3 is 6.09 Å². The summed E-state index contributed by atoms with van der Waals surface area (Å²) in [6, 6.07) is 19.9. The molecule has 33 heavy (non-hydrogen) atoms. The van der Waals surface area contributed by atoms with Crippen LogP contribution in [0.25, 0.3) is 0 Å². The first-order valence-electron chi connectivity index (χ1n) is 11.3. The third-order valence-corrected chi connectivity index (χ3v) is 6.49. The zero-order valence-electron chi connectivity index (χ0n) is 19.7.